The van der Waals surface area contributed by atoms with Crippen molar-refractivity contribution in [2.75, 3.05) is 4.72 Å². The number of fused-ring (bicyclic) bond motifs is 1. The van der Waals surface area contributed by atoms with Gasteiger partial charge >= 0.3 is 0 Å². The second-order valence-electron chi connectivity index (χ2n) is 6.49. The van der Waals surface area contributed by atoms with Crippen LogP contribution in [0.25, 0.3) is 20.8 Å². The number of aryl methyl sites for hydroxylation is 1. The van der Waals surface area contributed by atoms with E-state index in [2.05, 4.69) is 14.8 Å². The molecule has 3 heterocycles. The molecule has 0 bridgehead atoms. The standard InChI is InChI=1S/C18H18N4O2S3/c1-11(2)22-10-16(17(20-22)14-5-4-8-25-14)27(23,24)21-18-19-13-7-6-12(3)9-15(13)26-18/h4-11H,1-3H3,(H,19,21). The number of nitrogens with zero attached hydrogens (tertiary/aromatic N) is 3. The molecular weight excluding hydrogens is 400 g/mol. The lowest BCUT2D eigenvalue weighted by Crippen LogP contribution is -2.13. The summed E-state index contributed by atoms with van der Waals surface area (Å²) in [5, 5.41) is 6.76. The molecule has 9 heteroatoms. The maximum absolute atomic E-state index is 13.1. The number of hydrogen-bond acceptors (Lipinski definition) is 6. The van der Waals surface area contributed by atoms with Crippen LogP contribution in [0.2, 0.25) is 0 Å². The first kappa shape index (κ1) is 18.1. The smallest absolute Gasteiger partial charge is 0.267 e. The van der Waals surface area contributed by atoms with Crippen LogP contribution in [0.4, 0.5) is 5.13 Å². The van der Waals surface area contributed by atoms with Crippen LogP contribution in [-0.2, 0) is 10.0 Å². The molecule has 6 nitrogen and oxygen atoms in total. The Labute approximate surface area is 165 Å². The van der Waals surface area contributed by atoms with Gasteiger partial charge in [0.1, 0.15) is 10.6 Å². The van der Waals surface area contributed by atoms with E-state index in [1.807, 2.05) is 56.5 Å². The average molecular weight is 419 g/mol. The number of thiophene rings is 1. The minimum atomic E-state index is -3.82. The second-order valence-corrected chi connectivity index (χ2v) is 10.1. The summed E-state index contributed by atoms with van der Waals surface area (Å²) >= 11 is 2.79. The van der Waals surface area contributed by atoms with Crippen molar-refractivity contribution in [1.29, 1.82) is 0 Å². The van der Waals surface area contributed by atoms with Gasteiger partial charge in [-0.05, 0) is 49.9 Å². The highest BCUT2D eigenvalue weighted by atomic mass is 32.2. The summed E-state index contributed by atoms with van der Waals surface area (Å²) in [6.45, 7) is 5.92. The monoisotopic (exact) mass is 418 g/mol. The highest BCUT2D eigenvalue weighted by molar-refractivity contribution is 7.93. The van der Waals surface area contributed by atoms with Crippen LogP contribution in [0.1, 0.15) is 25.5 Å². The van der Waals surface area contributed by atoms with Crippen LogP contribution in [0, 0.1) is 6.92 Å². The van der Waals surface area contributed by atoms with Crippen molar-refractivity contribution in [2.45, 2.75) is 31.7 Å². The number of hydrogen-bond donors (Lipinski definition) is 1. The lowest BCUT2D eigenvalue weighted by Gasteiger charge is -2.04. The quantitative estimate of drug-likeness (QED) is 0.499. The van der Waals surface area contributed by atoms with E-state index in [0.717, 1.165) is 20.7 Å². The summed E-state index contributed by atoms with van der Waals surface area (Å²) in [5.41, 5.74) is 2.35. The molecule has 0 amide bonds. The molecule has 3 aromatic heterocycles. The number of nitrogens with one attached hydrogen (secondary N) is 1. The van der Waals surface area contributed by atoms with Crippen molar-refractivity contribution in [3.05, 3.63) is 47.5 Å². The third-order valence-corrected chi connectivity index (χ3v) is 7.32. The molecule has 0 aliphatic carbocycles. The van der Waals surface area contributed by atoms with E-state index in [-0.39, 0.29) is 10.9 Å². The molecule has 0 fully saturated rings. The SMILES string of the molecule is Cc1ccc2nc(NS(=O)(=O)c3cn(C(C)C)nc3-c3cccs3)sc2c1. The molecule has 4 aromatic rings. The minimum Gasteiger partial charge on any atom is -0.268 e. The lowest BCUT2D eigenvalue weighted by molar-refractivity contribution is 0.532. The van der Waals surface area contributed by atoms with Crippen molar-refractivity contribution in [2.24, 2.45) is 0 Å². The second kappa shape index (κ2) is 6.74. The maximum Gasteiger partial charge on any atom is 0.267 e. The number of sulfonamides is 1. The van der Waals surface area contributed by atoms with Gasteiger partial charge in [-0.1, -0.05) is 23.5 Å². The van der Waals surface area contributed by atoms with Gasteiger partial charge in [0.25, 0.3) is 10.0 Å². The molecule has 0 aliphatic heterocycles. The summed E-state index contributed by atoms with van der Waals surface area (Å²) in [7, 11) is -3.82. The van der Waals surface area contributed by atoms with Crippen molar-refractivity contribution < 1.29 is 8.42 Å². The normalized spacial score (nSPS) is 12.1. The summed E-state index contributed by atoms with van der Waals surface area (Å²) in [6.07, 6.45) is 1.58. The third-order valence-electron chi connectivity index (χ3n) is 4.04. The topological polar surface area (TPSA) is 76.9 Å². The maximum atomic E-state index is 13.1. The van der Waals surface area contributed by atoms with E-state index < -0.39 is 10.0 Å². The van der Waals surface area contributed by atoms with Gasteiger partial charge in [-0.3, -0.25) is 9.40 Å². The van der Waals surface area contributed by atoms with E-state index in [9.17, 15) is 8.42 Å². The zero-order valence-corrected chi connectivity index (χ0v) is 17.5. The Balaban J connectivity index is 1.76. The Morgan fingerprint density at radius 2 is 2.04 bits per heavy atom. The van der Waals surface area contributed by atoms with Crippen molar-refractivity contribution in [3.63, 3.8) is 0 Å². The Hall–Kier alpha value is -2.23. The Morgan fingerprint density at radius 1 is 1.22 bits per heavy atom. The average Bonchev–Trinajstić information content (AvgIpc) is 3.32. The van der Waals surface area contributed by atoms with Crippen molar-refractivity contribution >= 4 is 48.0 Å². The highest BCUT2D eigenvalue weighted by Crippen LogP contribution is 2.33. The van der Waals surface area contributed by atoms with Gasteiger partial charge < -0.3 is 0 Å². The van der Waals surface area contributed by atoms with Gasteiger partial charge in [0.2, 0.25) is 0 Å². The molecule has 4 rings (SSSR count). The fourth-order valence-corrected chi connectivity index (χ4v) is 5.80. The first-order valence-corrected chi connectivity index (χ1v) is 11.5. The Bertz CT molecular complexity index is 1200. The summed E-state index contributed by atoms with van der Waals surface area (Å²) in [6, 6.07) is 9.66. The molecular formula is C18H18N4O2S3. The van der Waals surface area contributed by atoms with Crippen molar-refractivity contribution in [3.8, 4) is 10.6 Å². The fraction of sp³-hybridized carbons (Fsp3) is 0.222. The largest absolute Gasteiger partial charge is 0.268 e. The minimum absolute atomic E-state index is 0.0538. The lowest BCUT2D eigenvalue weighted by atomic mass is 10.2. The van der Waals surface area contributed by atoms with E-state index in [0.29, 0.717) is 10.8 Å². The first-order chi connectivity index (χ1) is 12.8. The first-order valence-electron chi connectivity index (χ1n) is 8.36. The molecule has 0 aliphatic rings. The summed E-state index contributed by atoms with van der Waals surface area (Å²) in [5.74, 6) is 0. The number of aromatic nitrogens is 3. The van der Waals surface area contributed by atoms with E-state index in [1.54, 1.807) is 10.9 Å². The van der Waals surface area contributed by atoms with Crippen LogP contribution in [-0.4, -0.2) is 23.2 Å². The highest BCUT2D eigenvalue weighted by Gasteiger charge is 2.26. The van der Waals surface area contributed by atoms with E-state index >= 15 is 0 Å². The fourth-order valence-electron chi connectivity index (χ4n) is 2.67. The van der Waals surface area contributed by atoms with Crippen LogP contribution in [0.3, 0.4) is 0 Å². The molecule has 140 valence electrons. The van der Waals surface area contributed by atoms with Crippen LogP contribution < -0.4 is 4.72 Å². The van der Waals surface area contributed by atoms with Crippen molar-refractivity contribution in [1.82, 2.24) is 14.8 Å². The molecule has 1 N–H and O–H groups in total. The molecule has 0 saturated carbocycles. The zero-order valence-electron chi connectivity index (χ0n) is 15.0. The van der Waals surface area contributed by atoms with Gasteiger partial charge in [0.05, 0.1) is 15.1 Å². The molecule has 0 unspecified atom stereocenters. The van der Waals surface area contributed by atoms with Gasteiger partial charge in [0, 0.05) is 12.2 Å². The number of benzene rings is 1. The van der Waals surface area contributed by atoms with E-state index in [1.165, 1.54) is 22.7 Å². The van der Waals surface area contributed by atoms with Gasteiger partial charge in [0.15, 0.2) is 5.13 Å². The predicted molar refractivity (Wildman–Crippen MR) is 111 cm³/mol. The number of rotatable bonds is 5. The predicted octanol–water partition coefficient (Wildman–Crippen LogP) is 4.91. The summed E-state index contributed by atoms with van der Waals surface area (Å²) in [4.78, 5) is 5.38. The van der Waals surface area contributed by atoms with Gasteiger partial charge in [-0.15, -0.1) is 11.3 Å². The molecule has 0 atom stereocenters. The number of anilines is 1. The van der Waals surface area contributed by atoms with Crippen LogP contribution >= 0.6 is 22.7 Å². The molecule has 0 radical (unpaired) electrons. The zero-order chi connectivity index (χ0) is 19.2. The van der Waals surface area contributed by atoms with Crippen LogP contribution in [0.15, 0.2) is 46.8 Å². The van der Waals surface area contributed by atoms with Crippen LogP contribution in [0.5, 0.6) is 0 Å². The molecule has 0 saturated heterocycles. The Morgan fingerprint density at radius 3 is 2.74 bits per heavy atom. The van der Waals surface area contributed by atoms with Gasteiger partial charge in [-0.25, -0.2) is 13.4 Å². The summed E-state index contributed by atoms with van der Waals surface area (Å²) < 4.78 is 31.5. The number of thiazole rings is 1. The molecule has 0 spiro atoms. The molecule has 1 aromatic carbocycles. The third kappa shape index (κ3) is 3.50. The van der Waals surface area contributed by atoms with Gasteiger partial charge in [-0.2, -0.15) is 5.10 Å². The van der Waals surface area contributed by atoms with E-state index in [4.69, 9.17) is 0 Å². The Kier molecular flexibility index (Phi) is 4.53. The molecule has 27 heavy (non-hydrogen) atoms.